The molecule has 0 radical (unpaired) electrons. The lowest BCUT2D eigenvalue weighted by Crippen LogP contribution is -2.67. The molecule has 0 unspecified atom stereocenters. The van der Waals surface area contributed by atoms with E-state index in [1.807, 2.05) is 35.2 Å². The van der Waals surface area contributed by atoms with Crippen LogP contribution in [0.5, 0.6) is 0 Å². The van der Waals surface area contributed by atoms with Crippen molar-refractivity contribution < 1.29 is 23.9 Å². The summed E-state index contributed by atoms with van der Waals surface area (Å²) in [4.78, 5) is 56.7. The van der Waals surface area contributed by atoms with Crippen molar-refractivity contribution in [1.82, 2.24) is 10.2 Å². The van der Waals surface area contributed by atoms with Crippen LogP contribution in [0.1, 0.15) is 18.0 Å². The minimum atomic E-state index is -1.54. The second-order valence-electron chi connectivity index (χ2n) is 8.45. The highest BCUT2D eigenvalue weighted by Gasteiger charge is 2.73. The Morgan fingerprint density at radius 1 is 1.09 bits per heavy atom. The molecule has 5 rings (SSSR count). The first kappa shape index (κ1) is 21.6. The van der Waals surface area contributed by atoms with E-state index in [4.69, 9.17) is 16.3 Å². The number of anilines is 1. The molecule has 0 aromatic heterocycles. The van der Waals surface area contributed by atoms with Crippen LogP contribution < -0.4 is 10.2 Å². The number of ether oxygens (including phenoxy) is 1. The first-order valence-electron chi connectivity index (χ1n) is 10.7. The number of hydrogen-bond donors (Lipinski definition) is 1. The molecule has 0 bridgehead atoms. The molecule has 3 aliphatic rings. The zero-order valence-corrected chi connectivity index (χ0v) is 18.6. The molecule has 9 heteroatoms. The maximum Gasteiger partial charge on any atom is 0.307 e. The Morgan fingerprint density at radius 3 is 2.48 bits per heavy atom. The molecule has 3 heterocycles. The van der Waals surface area contributed by atoms with Crippen LogP contribution in [-0.2, 0) is 23.9 Å². The summed E-state index contributed by atoms with van der Waals surface area (Å²) in [5, 5.41) is 3.07. The van der Waals surface area contributed by atoms with Gasteiger partial charge in [-0.2, -0.15) is 0 Å². The Balaban J connectivity index is 1.72. The highest BCUT2D eigenvalue weighted by atomic mass is 35.5. The molecule has 0 saturated carbocycles. The molecule has 2 aromatic rings. The standard InChI is InChI=1S/C24H22ClN3O5/c1-33-17(29)13-24-19-18(21(30)28(22(19)31)16-10-6-5-9-15(16)25)20(14-7-3-2-4-8-14)27(24)12-11-26-23(24)32/h2-10,18-20H,11-13H2,1H3,(H,26,32)/t18-,19+,20-,24-/m0/s1. The van der Waals surface area contributed by atoms with E-state index in [1.54, 1.807) is 24.3 Å². The highest BCUT2D eigenvalue weighted by Crippen LogP contribution is 2.57. The van der Waals surface area contributed by atoms with Crippen molar-refractivity contribution in [3.05, 3.63) is 65.2 Å². The number of halogens is 1. The van der Waals surface area contributed by atoms with Crippen LogP contribution in [0.25, 0.3) is 0 Å². The fraction of sp³-hybridized carbons (Fsp3) is 0.333. The van der Waals surface area contributed by atoms with E-state index in [-0.39, 0.29) is 17.1 Å². The number of imide groups is 1. The van der Waals surface area contributed by atoms with Crippen LogP contribution in [0.4, 0.5) is 5.69 Å². The maximum absolute atomic E-state index is 13.9. The van der Waals surface area contributed by atoms with Gasteiger partial charge in [0.2, 0.25) is 17.7 Å². The third-order valence-corrected chi connectivity index (χ3v) is 7.28. The summed E-state index contributed by atoms with van der Waals surface area (Å²) in [6, 6.07) is 15.3. The third kappa shape index (κ3) is 3.01. The van der Waals surface area contributed by atoms with Crippen molar-refractivity contribution >= 4 is 41.0 Å². The number of carbonyl (C=O) groups is 4. The van der Waals surface area contributed by atoms with E-state index in [2.05, 4.69) is 5.32 Å². The summed E-state index contributed by atoms with van der Waals surface area (Å²) in [5.41, 5.74) is -0.471. The maximum atomic E-state index is 13.9. The Labute approximate surface area is 195 Å². The average molecular weight is 468 g/mol. The zero-order valence-electron chi connectivity index (χ0n) is 17.9. The van der Waals surface area contributed by atoms with Crippen molar-refractivity contribution in [2.75, 3.05) is 25.1 Å². The monoisotopic (exact) mass is 467 g/mol. The van der Waals surface area contributed by atoms with Gasteiger partial charge in [-0.25, -0.2) is 4.90 Å². The van der Waals surface area contributed by atoms with Gasteiger partial charge < -0.3 is 10.1 Å². The number of para-hydroxylation sites is 1. The van der Waals surface area contributed by atoms with Gasteiger partial charge in [0.1, 0.15) is 5.54 Å². The van der Waals surface area contributed by atoms with E-state index < -0.39 is 47.1 Å². The molecule has 4 atom stereocenters. The number of amides is 3. The highest BCUT2D eigenvalue weighted by molar-refractivity contribution is 6.36. The van der Waals surface area contributed by atoms with Gasteiger partial charge in [0.15, 0.2) is 0 Å². The molecule has 1 N–H and O–H groups in total. The Bertz CT molecular complexity index is 1160. The number of carbonyl (C=O) groups excluding carboxylic acids is 4. The number of hydrogen-bond acceptors (Lipinski definition) is 6. The fourth-order valence-corrected chi connectivity index (χ4v) is 5.90. The molecule has 8 nitrogen and oxygen atoms in total. The molecule has 170 valence electrons. The van der Waals surface area contributed by atoms with Gasteiger partial charge in [-0.05, 0) is 17.7 Å². The number of methoxy groups -OCH3 is 1. The molecule has 0 aliphatic carbocycles. The number of nitrogens with one attached hydrogen (secondary N) is 1. The predicted molar refractivity (Wildman–Crippen MR) is 119 cm³/mol. The minimum absolute atomic E-state index is 0.252. The van der Waals surface area contributed by atoms with E-state index >= 15 is 0 Å². The summed E-state index contributed by atoms with van der Waals surface area (Å²) >= 11 is 6.34. The van der Waals surface area contributed by atoms with Gasteiger partial charge in [0, 0.05) is 19.1 Å². The van der Waals surface area contributed by atoms with Crippen LogP contribution in [0.3, 0.4) is 0 Å². The number of piperazine rings is 1. The van der Waals surface area contributed by atoms with Gasteiger partial charge >= 0.3 is 5.97 Å². The summed E-state index contributed by atoms with van der Waals surface area (Å²) in [6.07, 6.45) is -0.338. The normalized spacial score (nSPS) is 29.0. The van der Waals surface area contributed by atoms with Gasteiger partial charge in [0.25, 0.3) is 0 Å². The van der Waals surface area contributed by atoms with Crippen LogP contribution >= 0.6 is 11.6 Å². The molecular weight excluding hydrogens is 446 g/mol. The molecular formula is C24H22ClN3O5. The predicted octanol–water partition coefficient (Wildman–Crippen LogP) is 1.93. The van der Waals surface area contributed by atoms with Crippen LogP contribution in [0.15, 0.2) is 54.6 Å². The summed E-state index contributed by atoms with van der Waals surface area (Å²) in [5.74, 6) is -3.97. The van der Waals surface area contributed by atoms with Crippen molar-refractivity contribution in [2.45, 2.75) is 18.0 Å². The first-order chi connectivity index (χ1) is 15.9. The van der Waals surface area contributed by atoms with Crippen molar-refractivity contribution in [1.29, 1.82) is 0 Å². The quantitative estimate of drug-likeness (QED) is 0.545. The van der Waals surface area contributed by atoms with Gasteiger partial charge in [-0.3, -0.25) is 24.1 Å². The lowest BCUT2D eigenvalue weighted by atomic mass is 9.76. The molecule has 3 aliphatic heterocycles. The molecule has 3 fully saturated rings. The molecule has 0 spiro atoms. The fourth-order valence-electron chi connectivity index (χ4n) is 5.68. The summed E-state index contributed by atoms with van der Waals surface area (Å²) < 4.78 is 4.91. The second kappa shape index (κ2) is 7.97. The van der Waals surface area contributed by atoms with Crippen molar-refractivity contribution in [3.63, 3.8) is 0 Å². The molecule has 3 saturated heterocycles. The lowest BCUT2D eigenvalue weighted by molar-refractivity contribution is -0.154. The Hall–Kier alpha value is -3.23. The number of rotatable bonds is 4. The van der Waals surface area contributed by atoms with Crippen molar-refractivity contribution in [3.8, 4) is 0 Å². The number of nitrogens with zero attached hydrogens (tertiary/aromatic N) is 2. The summed E-state index contributed by atoms with van der Waals surface area (Å²) in [7, 11) is 1.24. The second-order valence-corrected chi connectivity index (χ2v) is 8.86. The number of fused-ring (bicyclic) bond motifs is 3. The largest absolute Gasteiger partial charge is 0.469 e. The summed E-state index contributed by atoms with van der Waals surface area (Å²) in [6.45, 7) is 0.739. The van der Waals surface area contributed by atoms with Gasteiger partial charge in [-0.1, -0.05) is 54.1 Å². The van der Waals surface area contributed by atoms with Crippen LogP contribution in [0, 0.1) is 11.8 Å². The zero-order chi connectivity index (χ0) is 23.3. The van der Waals surface area contributed by atoms with Crippen LogP contribution in [0.2, 0.25) is 5.02 Å². The Morgan fingerprint density at radius 2 is 1.79 bits per heavy atom. The van der Waals surface area contributed by atoms with E-state index in [9.17, 15) is 19.2 Å². The molecule has 33 heavy (non-hydrogen) atoms. The van der Waals surface area contributed by atoms with Crippen LogP contribution in [-0.4, -0.2) is 54.3 Å². The third-order valence-electron chi connectivity index (χ3n) is 6.96. The molecule has 2 aromatic carbocycles. The average Bonchev–Trinajstić information content (AvgIpc) is 3.26. The van der Waals surface area contributed by atoms with Gasteiger partial charge in [-0.15, -0.1) is 0 Å². The SMILES string of the molecule is COC(=O)C[C@]12C(=O)NCCN1[C@@H](c1ccccc1)[C@H]1C(=O)N(c3ccccc3Cl)C(=O)[C@@H]12. The molecule has 3 amide bonds. The number of esters is 1. The smallest absolute Gasteiger partial charge is 0.307 e. The van der Waals surface area contributed by atoms with E-state index in [0.29, 0.717) is 13.1 Å². The topological polar surface area (TPSA) is 96.0 Å². The van der Waals surface area contributed by atoms with Gasteiger partial charge in [0.05, 0.1) is 36.1 Å². The lowest BCUT2D eigenvalue weighted by Gasteiger charge is -2.45. The van der Waals surface area contributed by atoms with E-state index in [0.717, 1.165) is 10.5 Å². The van der Waals surface area contributed by atoms with Crippen molar-refractivity contribution in [2.24, 2.45) is 11.8 Å². The first-order valence-corrected chi connectivity index (χ1v) is 11.1. The van der Waals surface area contributed by atoms with E-state index in [1.165, 1.54) is 7.11 Å². The number of benzene rings is 2. The minimum Gasteiger partial charge on any atom is -0.469 e. The Kier molecular flexibility index (Phi) is 5.22.